The maximum atomic E-state index is 11.6. The SMILES string of the molecule is [C-]#[N+]c1ccc(-c2c(C#N)c(C)n(Cc3ccc(C(=O)NC)nc3)c2C)cc1. The van der Waals surface area contributed by atoms with Crippen molar-refractivity contribution in [1.82, 2.24) is 14.9 Å². The summed E-state index contributed by atoms with van der Waals surface area (Å²) in [6, 6.07) is 13.2. The van der Waals surface area contributed by atoms with E-state index >= 15 is 0 Å². The third-order valence-electron chi connectivity index (χ3n) is 4.81. The molecule has 0 radical (unpaired) electrons. The zero-order chi connectivity index (χ0) is 20.3. The molecule has 6 nitrogen and oxygen atoms in total. The number of hydrogen-bond donors (Lipinski definition) is 1. The first-order chi connectivity index (χ1) is 13.5. The van der Waals surface area contributed by atoms with Gasteiger partial charge in [0.2, 0.25) is 0 Å². The van der Waals surface area contributed by atoms with E-state index in [1.807, 2.05) is 32.0 Å². The average Bonchev–Trinajstić information content (AvgIpc) is 2.97. The van der Waals surface area contributed by atoms with Gasteiger partial charge in [0.1, 0.15) is 11.8 Å². The Kier molecular flexibility index (Phi) is 5.24. The van der Waals surface area contributed by atoms with Crippen LogP contribution in [0, 0.1) is 31.8 Å². The van der Waals surface area contributed by atoms with Gasteiger partial charge in [-0.1, -0.05) is 30.3 Å². The van der Waals surface area contributed by atoms with E-state index in [9.17, 15) is 10.1 Å². The van der Waals surface area contributed by atoms with Crippen molar-refractivity contribution in [2.75, 3.05) is 7.05 Å². The number of nitriles is 1. The lowest BCUT2D eigenvalue weighted by molar-refractivity contribution is 0.0958. The summed E-state index contributed by atoms with van der Waals surface area (Å²) in [4.78, 5) is 19.3. The predicted molar refractivity (Wildman–Crippen MR) is 107 cm³/mol. The highest BCUT2D eigenvalue weighted by molar-refractivity contribution is 5.91. The molecule has 0 aliphatic carbocycles. The van der Waals surface area contributed by atoms with E-state index in [-0.39, 0.29) is 5.91 Å². The molecular formula is C22H19N5O. The molecule has 0 atom stereocenters. The molecule has 0 spiro atoms. The summed E-state index contributed by atoms with van der Waals surface area (Å²) in [5.41, 5.74) is 6.14. The molecule has 6 heteroatoms. The molecule has 1 aromatic carbocycles. The van der Waals surface area contributed by atoms with Crippen LogP contribution in [0.25, 0.3) is 16.0 Å². The van der Waals surface area contributed by atoms with Crippen molar-refractivity contribution in [2.24, 2.45) is 0 Å². The molecule has 1 amide bonds. The molecule has 3 aromatic rings. The first kappa shape index (κ1) is 18.9. The van der Waals surface area contributed by atoms with Gasteiger partial charge in [-0.2, -0.15) is 5.26 Å². The molecule has 0 unspecified atom stereocenters. The molecule has 0 bridgehead atoms. The lowest BCUT2D eigenvalue weighted by Gasteiger charge is -2.10. The van der Waals surface area contributed by atoms with E-state index in [2.05, 4.69) is 25.8 Å². The molecule has 28 heavy (non-hydrogen) atoms. The van der Waals surface area contributed by atoms with Gasteiger partial charge >= 0.3 is 0 Å². The maximum Gasteiger partial charge on any atom is 0.269 e. The van der Waals surface area contributed by atoms with Crippen LogP contribution < -0.4 is 5.32 Å². The van der Waals surface area contributed by atoms with E-state index in [0.29, 0.717) is 23.5 Å². The highest BCUT2D eigenvalue weighted by Gasteiger charge is 2.19. The third kappa shape index (κ3) is 3.36. The Morgan fingerprint density at radius 3 is 2.46 bits per heavy atom. The van der Waals surface area contributed by atoms with Crippen molar-refractivity contribution in [2.45, 2.75) is 20.4 Å². The second-order valence-corrected chi connectivity index (χ2v) is 6.41. The largest absolute Gasteiger partial charge is 0.354 e. The molecule has 1 N–H and O–H groups in total. The second kappa shape index (κ2) is 7.77. The van der Waals surface area contributed by atoms with Gasteiger partial charge in [-0.05, 0) is 31.0 Å². The zero-order valence-corrected chi connectivity index (χ0v) is 15.9. The van der Waals surface area contributed by atoms with Crippen molar-refractivity contribution in [3.8, 4) is 17.2 Å². The number of benzene rings is 1. The summed E-state index contributed by atoms with van der Waals surface area (Å²) in [5.74, 6) is -0.225. The standard InChI is InChI=1S/C22H19N5O/c1-14-19(11-23)21(17-6-8-18(24-3)9-7-17)15(2)27(14)13-16-5-10-20(26-12-16)22(28)25-4/h5-10,12H,13H2,1-2,4H3,(H,25,28). The maximum absolute atomic E-state index is 11.6. The predicted octanol–water partition coefficient (Wildman–Crippen LogP) is 4.00. The normalized spacial score (nSPS) is 10.2. The Labute approximate surface area is 163 Å². The van der Waals surface area contributed by atoms with Crippen LogP contribution >= 0.6 is 0 Å². The van der Waals surface area contributed by atoms with Gasteiger partial charge in [0.15, 0.2) is 5.69 Å². The minimum Gasteiger partial charge on any atom is -0.354 e. The minimum absolute atomic E-state index is 0.225. The Morgan fingerprint density at radius 2 is 1.93 bits per heavy atom. The number of carbonyl (C=O) groups is 1. The van der Waals surface area contributed by atoms with Gasteiger partial charge < -0.3 is 9.88 Å². The molecule has 0 saturated heterocycles. The topological polar surface area (TPSA) is 75.1 Å². The number of pyridine rings is 1. The number of nitrogens with one attached hydrogen (secondary N) is 1. The van der Waals surface area contributed by atoms with Gasteiger partial charge in [-0.3, -0.25) is 9.78 Å². The fourth-order valence-corrected chi connectivity index (χ4v) is 3.28. The molecule has 2 heterocycles. The van der Waals surface area contributed by atoms with Gasteiger partial charge in [-0.15, -0.1) is 0 Å². The minimum atomic E-state index is -0.225. The molecule has 0 aliphatic rings. The molecule has 0 saturated carbocycles. The highest BCUT2D eigenvalue weighted by atomic mass is 16.1. The third-order valence-corrected chi connectivity index (χ3v) is 4.81. The molecule has 0 aliphatic heterocycles. The van der Waals surface area contributed by atoms with E-state index in [0.717, 1.165) is 28.1 Å². The van der Waals surface area contributed by atoms with E-state index in [1.54, 1.807) is 31.4 Å². The quantitative estimate of drug-likeness (QED) is 0.707. The number of amides is 1. The van der Waals surface area contributed by atoms with Crippen LogP contribution in [0.2, 0.25) is 0 Å². The summed E-state index contributed by atoms with van der Waals surface area (Å²) in [6.45, 7) is 11.6. The lowest BCUT2D eigenvalue weighted by atomic mass is 10.0. The van der Waals surface area contributed by atoms with E-state index < -0.39 is 0 Å². The van der Waals surface area contributed by atoms with Gasteiger partial charge in [0.05, 0.1) is 12.1 Å². The summed E-state index contributed by atoms with van der Waals surface area (Å²) >= 11 is 0. The van der Waals surface area contributed by atoms with Crippen molar-refractivity contribution in [3.63, 3.8) is 0 Å². The number of carbonyl (C=O) groups excluding carboxylic acids is 1. The van der Waals surface area contributed by atoms with Crippen LogP contribution in [0.15, 0.2) is 42.6 Å². The van der Waals surface area contributed by atoms with Crippen molar-refractivity contribution < 1.29 is 4.79 Å². The van der Waals surface area contributed by atoms with Crippen LogP contribution in [-0.4, -0.2) is 22.5 Å². The summed E-state index contributed by atoms with van der Waals surface area (Å²) in [7, 11) is 1.57. The zero-order valence-electron chi connectivity index (χ0n) is 15.9. The van der Waals surface area contributed by atoms with Crippen molar-refractivity contribution >= 4 is 11.6 Å². The Morgan fingerprint density at radius 1 is 1.21 bits per heavy atom. The number of hydrogen-bond acceptors (Lipinski definition) is 3. The Hall–Kier alpha value is -3.90. The first-order valence-electron chi connectivity index (χ1n) is 8.74. The molecular weight excluding hydrogens is 350 g/mol. The number of aromatic nitrogens is 2. The molecule has 3 rings (SSSR count). The van der Waals surface area contributed by atoms with Crippen LogP contribution in [-0.2, 0) is 6.54 Å². The van der Waals surface area contributed by atoms with Crippen LogP contribution in [0.3, 0.4) is 0 Å². The first-order valence-corrected chi connectivity index (χ1v) is 8.74. The Bertz CT molecular complexity index is 1110. The molecule has 2 aromatic heterocycles. The summed E-state index contributed by atoms with van der Waals surface area (Å²) < 4.78 is 2.08. The van der Waals surface area contributed by atoms with Crippen LogP contribution in [0.5, 0.6) is 0 Å². The van der Waals surface area contributed by atoms with Crippen LogP contribution in [0.1, 0.15) is 33.0 Å². The summed E-state index contributed by atoms with van der Waals surface area (Å²) in [5, 5.41) is 12.3. The average molecular weight is 369 g/mol. The van der Waals surface area contributed by atoms with Gasteiger partial charge in [0, 0.05) is 36.7 Å². The smallest absolute Gasteiger partial charge is 0.269 e. The van der Waals surface area contributed by atoms with Crippen molar-refractivity contribution in [3.05, 3.63) is 82.2 Å². The van der Waals surface area contributed by atoms with Gasteiger partial charge in [-0.25, -0.2) is 4.85 Å². The second-order valence-electron chi connectivity index (χ2n) is 6.41. The van der Waals surface area contributed by atoms with E-state index in [1.165, 1.54) is 0 Å². The monoisotopic (exact) mass is 369 g/mol. The lowest BCUT2D eigenvalue weighted by Crippen LogP contribution is -2.19. The van der Waals surface area contributed by atoms with Crippen LogP contribution in [0.4, 0.5) is 5.69 Å². The molecule has 138 valence electrons. The number of nitrogens with zero attached hydrogens (tertiary/aromatic N) is 4. The highest BCUT2D eigenvalue weighted by Crippen LogP contribution is 2.33. The fourth-order valence-electron chi connectivity index (χ4n) is 3.28. The van der Waals surface area contributed by atoms with E-state index in [4.69, 9.17) is 6.57 Å². The summed E-state index contributed by atoms with van der Waals surface area (Å²) in [6.07, 6.45) is 1.68. The fraction of sp³-hybridized carbons (Fsp3) is 0.182. The van der Waals surface area contributed by atoms with Gasteiger partial charge in [0.25, 0.3) is 5.91 Å². The Balaban J connectivity index is 2.01. The number of rotatable bonds is 4. The van der Waals surface area contributed by atoms with Crippen molar-refractivity contribution in [1.29, 1.82) is 5.26 Å². The molecule has 0 fully saturated rings.